The lowest BCUT2D eigenvalue weighted by Crippen LogP contribution is -2.38. The van der Waals surface area contributed by atoms with Crippen molar-refractivity contribution in [3.63, 3.8) is 0 Å². The lowest BCUT2D eigenvalue weighted by atomic mass is 10.4. The Bertz CT molecular complexity index is 380. The van der Waals surface area contributed by atoms with E-state index in [0.29, 0.717) is 13.0 Å². The highest BCUT2D eigenvalue weighted by atomic mass is 32.2. The van der Waals surface area contributed by atoms with Crippen molar-refractivity contribution in [2.75, 3.05) is 19.6 Å². The first kappa shape index (κ1) is 14.2. The molecule has 0 aromatic heterocycles. The summed E-state index contributed by atoms with van der Waals surface area (Å²) in [6.45, 7) is 0.537. The van der Waals surface area contributed by atoms with Gasteiger partial charge in [0.2, 0.25) is 5.91 Å². The summed E-state index contributed by atoms with van der Waals surface area (Å²) in [6, 6.07) is 0. The largest absolute Gasteiger partial charge is 0.511 e. The molecule has 9 heteroatoms. The molecule has 1 heterocycles. The Morgan fingerprint density at radius 2 is 2.00 bits per heavy atom. The van der Waals surface area contributed by atoms with Crippen LogP contribution in [0.2, 0.25) is 0 Å². The van der Waals surface area contributed by atoms with Crippen LogP contribution in [0.3, 0.4) is 0 Å². The van der Waals surface area contributed by atoms with E-state index in [1.54, 1.807) is 0 Å². The van der Waals surface area contributed by atoms with E-state index in [2.05, 4.69) is 0 Å². The number of carbonyl (C=O) groups is 1. The summed E-state index contributed by atoms with van der Waals surface area (Å²) in [4.78, 5) is 12.6. The van der Waals surface area contributed by atoms with Gasteiger partial charge in [0.05, 0.1) is 0 Å². The van der Waals surface area contributed by atoms with Gasteiger partial charge in [-0.05, 0) is 12.8 Å². The van der Waals surface area contributed by atoms with E-state index in [9.17, 15) is 26.4 Å². The van der Waals surface area contributed by atoms with Crippen LogP contribution in [0.15, 0.2) is 0 Å². The van der Waals surface area contributed by atoms with Crippen molar-refractivity contribution < 1.29 is 26.4 Å². The number of sulfonamides is 1. The summed E-state index contributed by atoms with van der Waals surface area (Å²) in [7, 11) is -5.26. The van der Waals surface area contributed by atoms with E-state index < -0.39 is 15.5 Å². The van der Waals surface area contributed by atoms with Crippen LogP contribution in [0.4, 0.5) is 13.2 Å². The van der Waals surface area contributed by atoms with Gasteiger partial charge in [-0.1, -0.05) is 0 Å². The molecule has 0 bridgehead atoms. The van der Waals surface area contributed by atoms with Crippen LogP contribution in [-0.4, -0.2) is 44.4 Å². The second-order valence-electron chi connectivity index (χ2n) is 3.68. The molecule has 1 N–H and O–H groups in total. The van der Waals surface area contributed by atoms with Gasteiger partial charge in [0, 0.05) is 26.1 Å². The van der Waals surface area contributed by atoms with Gasteiger partial charge in [0.15, 0.2) is 0 Å². The maximum absolute atomic E-state index is 11.9. The van der Waals surface area contributed by atoms with Crippen LogP contribution in [0, 0.1) is 0 Å². The number of hydrogen-bond donors (Lipinski definition) is 1. The molecule has 5 nitrogen and oxygen atoms in total. The van der Waals surface area contributed by atoms with Crippen LogP contribution in [-0.2, 0) is 14.8 Å². The normalized spacial score (nSPS) is 17.8. The summed E-state index contributed by atoms with van der Waals surface area (Å²) in [6.07, 6.45) is 1.36. The van der Waals surface area contributed by atoms with Crippen LogP contribution < -0.4 is 4.72 Å². The average Bonchev–Trinajstić information content (AvgIpc) is 2.57. The smallest absolute Gasteiger partial charge is 0.343 e. The highest BCUT2D eigenvalue weighted by molar-refractivity contribution is 7.90. The number of amides is 1. The second-order valence-corrected chi connectivity index (χ2v) is 5.44. The first-order valence-corrected chi connectivity index (χ1v) is 6.56. The minimum atomic E-state index is -5.28. The van der Waals surface area contributed by atoms with Crippen molar-refractivity contribution >= 4 is 15.9 Å². The molecule has 0 saturated carbocycles. The van der Waals surface area contributed by atoms with Gasteiger partial charge in [0.25, 0.3) is 0 Å². The molecule has 17 heavy (non-hydrogen) atoms. The fraction of sp³-hybridized carbons (Fsp3) is 0.875. The zero-order valence-corrected chi connectivity index (χ0v) is 9.77. The highest BCUT2D eigenvalue weighted by Gasteiger charge is 2.45. The first-order valence-electron chi connectivity index (χ1n) is 5.08. The molecule has 0 aromatic carbocycles. The number of alkyl halides is 3. The monoisotopic (exact) mass is 274 g/mol. The summed E-state index contributed by atoms with van der Waals surface area (Å²) < 4.78 is 58.4. The van der Waals surface area contributed by atoms with Gasteiger partial charge < -0.3 is 4.90 Å². The fourth-order valence-electron chi connectivity index (χ4n) is 1.50. The number of rotatable bonds is 5. The lowest BCUT2D eigenvalue weighted by Gasteiger charge is -2.15. The van der Waals surface area contributed by atoms with Crippen molar-refractivity contribution in [2.45, 2.75) is 24.8 Å². The molecular weight excluding hydrogens is 261 g/mol. The minimum absolute atomic E-state index is 0.0383. The molecule has 1 aliphatic rings. The molecule has 1 rings (SSSR count). The van der Waals surface area contributed by atoms with Gasteiger partial charge in [-0.25, -0.2) is 13.1 Å². The third-order valence-electron chi connectivity index (χ3n) is 2.37. The zero-order chi connectivity index (χ0) is 13.1. The number of halogens is 3. The maximum Gasteiger partial charge on any atom is 0.511 e. The second kappa shape index (κ2) is 5.21. The van der Waals surface area contributed by atoms with Crippen molar-refractivity contribution in [3.8, 4) is 0 Å². The van der Waals surface area contributed by atoms with Crippen LogP contribution >= 0.6 is 0 Å². The lowest BCUT2D eigenvalue weighted by molar-refractivity contribution is -0.127. The Kier molecular flexibility index (Phi) is 4.36. The fourth-order valence-corrected chi connectivity index (χ4v) is 2.08. The summed E-state index contributed by atoms with van der Waals surface area (Å²) in [5.41, 5.74) is -5.28. The molecule has 100 valence electrons. The van der Waals surface area contributed by atoms with Gasteiger partial charge in [0.1, 0.15) is 0 Å². The molecule has 1 fully saturated rings. The minimum Gasteiger partial charge on any atom is -0.343 e. The van der Waals surface area contributed by atoms with Crippen molar-refractivity contribution in [2.24, 2.45) is 0 Å². The molecule has 1 amide bonds. The number of nitrogens with zero attached hydrogens (tertiary/aromatic N) is 1. The topological polar surface area (TPSA) is 66.5 Å². The molecule has 0 atom stereocenters. The van der Waals surface area contributed by atoms with E-state index in [-0.39, 0.29) is 25.4 Å². The zero-order valence-electron chi connectivity index (χ0n) is 8.96. The van der Waals surface area contributed by atoms with Crippen molar-refractivity contribution in [1.82, 2.24) is 9.62 Å². The number of likely N-dealkylation sites (tertiary alicyclic amines) is 1. The molecule has 0 unspecified atom stereocenters. The summed E-state index contributed by atoms with van der Waals surface area (Å²) >= 11 is 0. The van der Waals surface area contributed by atoms with Crippen molar-refractivity contribution in [3.05, 3.63) is 0 Å². The van der Waals surface area contributed by atoms with Crippen molar-refractivity contribution in [1.29, 1.82) is 0 Å². The SMILES string of the molecule is O=C1CCCN1CCCNS(=O)(=O)C(F)(F)F. The molecule has 1 aliphatic heterocycles. The summed E-state index contributed by atoms with van der Waals surface area (Å²) in [5, 5.41) is 0. The van der Waals surface area contributed by atoms with E-state index in [1.165, 1.54) is 9.62 Å². The van der Waals surface area contributed by atoms with Crippen LogP contribution in [0.5, 0.6) is 0 Å². The Labute approximate surface area is 97.0 Å². The van der Waals surface area contributed by atoms with Gasteiger partial charge in [-0.2, -0.15) is 13.2 Å². The highest BCUT2D eigenvalue weighted by Crippen LogP contribution is 2.21. The molecule has 0 radical (unpaired) electrons. The van der Waals surface area contributed by atoms with Gasteiger partial charge >= 0.3 is 15.5 Å². The molecule has 0 aliphatic carbocycles. The Balaban J connectivity index is 2.27. The van der Waals surface area contributed by atoms with Gasteiger partial charge in [-0.15, -0.1) is 0 Å². The van der Waals surface area contributed by atoms with E-state index in [0.717, 1.165) is 6.42 Å². The first-order chi connectivity index (χ1) is 7.74. The standard InChI is InChI=1S/C8H13F3N2O3S/c9-8(10,11)17(15,16)12-4-2-6-13-5-1-3-7(13)14/h12H,1-6H2. The van der Waals surface area contributed by atoms with Crippen LogP contribution in [0.25, 0.3) is 0 Å². The summed E-state index contributed by atoms with van der Waals surface area (Å²) in [5.74, 6) is -0.0383. The third kappa shape index (κ3) is 3.84. The van der Waals surface area contributed by atoms with E-state index >= 15 is 0 Å². The molecule has 1 saturated heterocycles. The number of carbonyl (C=O) groups excluding carboxylic acids is 1. The van der Waals surface area contributed by atoms with E-state index in [4.69, 9.17) is 0 Å². The third-order valence-corrected chi connectivity index (χ3v) is 3.57. The maximum atomic E-state index is 11.9. The van der Waals surface area contributed by atoms with E-state index in [1.807, 2.05) is 0 Å². The predicted octanol–water partition coefficient (Wildman–Crippen LogP) is 0.438. The Hall–Kier alpha value is -0.830. The molecule has 0 aromatic rings. The number of hydrogen-bond acceptors (Lipinski definition) is 3. The Morgan fingerprint density at radius 1 is 1.35 bits per heavy atom. The quantitative estimate of drug-likeness (QED) is 0.740. The average molecular weight is 274 g/mol. The van der Waals surface area contributed by atoms with Crippen LogP contribution in [0.1, 0.15) is 19.3 Å². The molecular formula is C8H13F3N2O3S. The number of nitrogens with one attached hydrogen (secondary N) is 1. The predicted molar refractivity (Wildman–Crippen MR) is 53.4 cm³/mol. The Morgan fingerprint density at radius 3 is 2.47 bits per heavy atom. The van der Waals surface area contributed by atoms with Gasteiger partial charge in [-0.3, -0.25) is 4.79 Å². The molecule has 0 spiro atoms.